The Labute approximate surface area is 57.0 Å². The Bertz CT molecular complexity index is 29.6. The van der Waals surface area contributed by atoms with Crippen LogP contribution in [0.2, 0.25) is 0 Å². The van der Waals surface area contributed by atoms with Crippen LogP contribution >= 0.6 is 12.4 Å². The van der Waals surface area contributed by atoms with Gasteiger partial charge in [0.05, 0.1) is 0 Å². The summed E-state index contributed by atoms with van der Waals surface area (Å²) in [6.45, 7) is 1.61. The van der Waals surface area contributed by atoms with Crippen molar-refractivity contribution in [3.05, 3.63) is 0 Å². The number of rotatable bonds is 4. The predicted molar refractivity (Wildman–Crippen MR) is 39.2 cm³/mol. The maximum Gasteiger partial charge on any atom is -0.00773 e. The molecule has 0 amide bonds. The Morgan fingerprint density at radius 2 is 1.38 bits per heavy atom. The molecule has 0 saturated heterocycles. The SMILES string of the molecule is Cl.N[14CH2]CCC[14CH2]N. The predicted octanol–water partition coefficient (Wildman–Crippen LogP) is 0.496. The third kappa shape index (κ3) is 9.51. The lowest BCUT2D eigenvalue weighted by atomic mass is 10.4. The van der Waals surface area contributed by atoms with Crippen molar-refractivity contribution in [3.63, 3.8) is 0 Å². The standard InChI is InChI=1S/C5H14N2.ClH/c6-4-2-1-3-5-7;/h1-7H2;1H/i4+2,5+2;. The molecule has 0 aromatic rings. The summed E-state index contributed by atoms with van der Waals surface area (Å²) in [5.74, 6) is 0. The number of hydrogen-bond acceptors (Lipinski definition) is 2. The van der Waals surface area contributed by atoms with Crippen LogP contribution < -0.4 is 11.5 Å². The van der Waals surface area contributed by atoms with Gasteiger partial charge in [-0.05, 0) is 25.9 Å². The molecular weight excluding hydrogens is 128 g/mol. The van der Waals surface area contributed by atoms with Gasteiger partial charge in [-0.1, -0.05) is 6.42 Å². The van der Waals surface area contributed by atoms with E-state index in [-0.39, 0.29) is 12.4 Å². The lowest BCUT2D eigenvalue weighted by molar-refractivity contribution is 0.695. The highest BCUT2D eigenvalue weighted by Gasteiger charge is 1.80. The van der Waals surface area contributed by atoms with Crippen molar-refractivity contribution in [2.75, 3.05) is 13.1 Å². The molecule has 4 N–H and O–H groups in total. The third-order valence-electron chi connectivity index (χ3n) is 0.908. The van der Waals surface area contributed by atoms with E-state index in [1.165, 1.54) is 6.42 Å². The minimum Gasteiger partial charge on any atom is -0.330 e. The van der Waals surface area contributed by atoms with E-state index in [1.54, 1.807) is 0 Å². The van der Waals surface area contributed by atoms with Crippen molar-refractivity contribution >= 4 is 12.4 Å². The van der Waals surface area contributed by atoms with E-state index in [4.69, 9.17) is 11.5 Å². The first-order chi connectivity index (χ1) is 3.41. The van der Waals surface area contributed by atoms with Crippen molar-refractivity contribution in [1.29, 1.82) is 0 Å². The van der Waals surface area contributed by atoms with Crippen molar-refractivity contribution in [2.45, 2.75) is 19.3 Å². The van der Waals surface area contributed by atoms with Gasteiger partial charge in [-0.25, -0.2) is 0 Å². The van der Waals surface area contributed by atoms with Gasteiger partial charge in [0, 0.05) is 0 Å². The molecule has 0 atom stereocenters. The smallest absolute Gasteiger partial charge is 0.00773 e. The minimum atomic E-state index is 0. The molecule has 0 bridgehead atoms. The summed E-state index contributed by atoms with van der Waals surface area (Å²) < 4.78 is 0. The van der Waals surface area contributed by atoms with Crippen LogP contribution in [0.15, 0.2) is 0 Å². The van der Waals surface area contributed by atoms with Crippen LogP contribution in [0.3, 0.4) is 0 Å². The third-order valence-corrected chi connectivity index (χ3v) is 0.908. The van der Waals surface area contributed by atoms with Crippen LogP contribution in [0.5, 0.6) is 0 Å². The highest BCUT2D eigenvalue weighted by atomic mass is 35.5. The van der Waals surface area contributed by atoms with Gasteiger partial charge in [-0.15, -0.1) is 12.4 Å². The maximum absolute atomic E-state index is 5.23. The molecule has 0 fully saturated rings. The molecule has 0 aliphatic heterocycles. The zero-order valence-corrected chi connectivity index (χ0v) is 5.91. The van der Waals surface area contributed by atoms with E-state index < -0.39 is 0 Å². The molecule has 0 spiro atoms. The number of hydrogen-bond donors (Lipinski definition) is 2. The number of halogens is 1. The molecule has 0 aromatic heterocycles. The first-order valence-corrected chi connectivity index (χ1v) is 2.82. The van der Waals surface area contributed by atoms with Gasteiger partial charge in [-0.2, -0.15) is 0 Å². The van der Waals surface area contributed by atoms with E-state index in [1.807, 2.05) is 0 Å². The number of unbranched alkanes of at least 4 members (excludes halogenated alkanes) is 2. The zero-order chi connectivity index (χ0) is 5.54. The van der Waals surface area contributed by atoms with Crippen molar-refractivity contribution < 1.29 is 0 Å². The van der Waals surface area contributed by atoms with E-state index in [0.29, 0.717) is 0 Å². The van der Waals surface area contributed by atoms with Crippen LogP contribution in [0, 0.1) is 0 Å². The molecule has 0 radical (unpaired) electrons. The van der Waals surface area contributed by atoms with E-state index >= 15 is 0 Å². The van der Waals surface area contributed by atoms with Gasteiger partial charge in [0.2, 0.25) is 0 Å². The van der Waals surface area contributed by atoms with Gasteiger partial charge >= 0.3 is 0 Å². The van der Waals surface area contributed by atoms with Gasteiger partial charge < -0.3 is 11.5 Å². The molecule has 52 valence electrons. The summed E-state index contributed by atoms with van der Waals surface area (Å²) in [6.07, 6.45) is 3.43. The van der Waals surface area contributed by atoms with Gasteiger partial charge in [0.25, 0.3) is 0 Å². The van der Waals surface area contributed by atoms with Crippen LogP contribution in [0.4, 0.5) is 0 Å². The maximum atomic E-state index is 5.23. The topological polar surface area (TPSA) is 52.0 Å². The molecular formula is C5H15ClN2. The summed E-state index contributed by atoms with van der Waals surface area (Å²) in [5, 5.41) is 0. The fraction of sp³-hybridized carbons (Fsp3) is 1.00. The van der Waals surface area contributed by atoms with Crippen LogP contribution in [0.25, 0.3) is 0 Å². The van der Waals surface area contributed by atoms with Gasteiger partial charge in [-0.3, -0.25) is 0 Å². The highest BCUT2D eigenvalue weighted by Crippen LogP contribution is 1.88. The zero-order valence-electron chi connectivity index (χ0n) is 5.10. The minimum absolute atomic E-state index is 0. The van der Waals surface area contributed by atoms with E-state index in [0.717, 1.165) is 25.9 Å². The quantitative estimate of drug-likeness (QED) is 0.562. The monoisotopic (exact) mass is 142 g/mol. The average molecular weight is 143 g/mol. The molecule has 2 nitrogen and oxygen atoms in total. The summed E-state index contributed by atoms with van der Waals surface area (Å²) in [7, 11) is 0. The van der Waals surface area contributed by atoms with E-state index in [2.05, 4.69) is 0 Å². The first kappa shape index (κ1) is 11.1. The van der Waals surface area contributed by atoms with Crippen LogP contribution in [0.1, 0.15) is 19.3 Å². The highest BCUT2D eigenvalue weighted by molar-refractivity contribution is 5.85. The molecule has 0 aromatic carbocycles. The van der Waals surface area contributed by atoms with Crippen molar-refractivity contribution in [3.8, 4) is 0 Å². The second-order valence-electron chi connectivity index (χ2n) is 1.64. The molecule has 8 heavy (non-hydrogen) atoms. The summed E-state index contributed by atoms with van der Waals surface area (Å²) in [4.78, 5) is 0. The fourth-order valence-electron chi connectivity index (χ4n) is 0.465. The average Bonchev–Trinajstić information content (AvgIpc) is 1.69. The number of nitrogens with two attached hydrogens (primary N) is 2. The van der Waals surface area contributed by atoms with Gasteiger partial charge in [0.15, 0.2) is 0 Å². The molecule has 0 aliphatic carbocycles. The Morgan fingerprint density at radius 3 is 1.62 bits per heavy atom. The van der Waals surface area contributed by atoms with Gasteiger partial charge in [0.1, 0.15) is 0 Å². The normalized spacial score (nSPS) is 8.25. The second kappa shape index (κ2) is 10.2. The largest absolute Gasteiger partial charge is 0.330 e. The molecule has 0 rings (SSSR count). The second-order valence-corrected chi connectivity index (χ2v) is 1.64. The molecule has 3 heteroatoms. The Hall–Kier alpha value is 0.210. The Morgan fingerprint density at radius 1 is 1.00 bits per heavy atom. The van der Waals surface area contributed by atoms with E-state index in [9.17, 15) is 0 Å². The molecule has 0 aliphatic rings. The molecule has 0 saturated carbocycles. The van der Waals surface area contributed by atoms with Crippen molar-refractivity contribution in [1.82, 2.24) is 0 Å². The summed E-state index contributed by atoms with van der Waals surface area (Å²) in [6, 6.07) is 0. The Kier molecular flexibility index (Phi) is 14.2. The fourth-order valence-corrected chi connectivity index (χ4v) is 0.465. The Balaban J connectivity index is 0. The van der Waals surface area contributed by atoms with Crippen molar-refractivity contribution in [2.24, 2.45) is 11.5 Å². The van der Waals surface area contributed by atoms with Crippen LogP contribution in [-0.4, -0.2) is 13.1 Å². The summed E-state index contributed by atoms with van der Waals surface area (Å²) >= 11 is 0. The first-order valence-electron chi connectivity index (χ1n) is 2.82. The molecule has 0 heterocycles. The lowest BCUT2D eigenvalue weighted by Gasteiger charge is -1.91. The molecule has 0 unspecified atom stereocenters. The lowest BCUT2D eigenvalue weighted by Crippen LogP contribution is -2.02. The van der Waals surface area contributed by atoms with Crippen LogP contribution in [-0.2, 0) is 0 Å². The summed E-state index contributed by atoms with van der Waals surface area (Å²) in [5.41, 5.74) is 10.5.